The van der Waals surface area contributed by atoms with Gasteiger partial charge in [-0.2, -0.15) is 4.31 Å². The fraction of sp³-hybridized carbons (Fsp3) is 0.292. The minimum absolute atomic E-state index is 0.0254. The number of aryl methyl sites for hydroxylation is 1. The van der Waals surface area contributed by atoms with Gasteiger partial charge in [-0.15, -0.1) is 0 Å². The molecule has 0 bridgehead atoms. The van der Waals surface area contributed by atoms with Crippen LogP contribution in [0.5, 0.6) is 0 Å². The maximum Gasteiger partial charge on any atom is 0.265 e. The zero-order valence-electron chi connectivity index (χ0n) is 18.7. The molecule has 1 saturated heterocycles. The van der Waals surface area contributed by atoms with E-state index in [1.54, 1.807) is 43.3 Å². The zero-order valence-corrected chi connectivity index (χ0v) is 20.3. The lowest BCUT2D eigenvalue weighted by molar-refractivity contribution is -0.114. The molecule has 10 heteroatoms. The van der Waals surface area contributed by atoms with Crippen molar-refractivity contribution in [2.75, 3.05) is 29.3 Å². The van der Waals surface area contributed by atoms with Gasteiger partial charge in [-0.3, -0.25) is 9.10 Å². The summed E-state index contributed by atoms with van der Waals surface area (Å²) in [5.74, 6) is -0.618. The third-order valence-corrected chi connectivity index (χ3v) is 10.1. The number of hydrogen-bond donors (Lipinski definition) is 1. The van der Waals surface area contributed by atoms with Crippen molar-refractivity contribution in [1.82, 2.24) is 4.31 Å². The quantitative estimate of drug-likeness (QED) is 0.579. The maximum atomic E-state index is 13.3. The predicted octanol–water partition coefficient (Wildman–Crippen LogP) is 3.47. The molecule has 2 heterocycles. The molecule has 0 aromatic heterocycles. The highest BCUT2D eigenvalue weighted by atomic mass is 32.2. The van der Waals surface area contributed by atoms with Gasteiger partial charge >= 0.3 is 0 Å². The molecule has 3 aromatic carbocycles. The Bertz CT molecular complexity index is 1510. The van der Waals surface area contributed by atoms with Crippen LogP contribution < -0.4 is 9.62 Å². The minimum atomic E-state index is -3.90. The summed E-state index contributed by atoms with van der Waals surface area (Å²) < 4.78 is 55.5. The Morgan fingerprint density at radius 3 is 2.44 bits per heavy atom. The first-order valence-electron chi connectivity index (χ1n) is 11.1. The summed E-state index contributed by atoms with van der Waals surface area (Å²) in [6.07, 6.45) is 2.58. The summed E-state index contributed by atoms with van der Waals surface area (Å²) in [7, 11) is -7.70. The Labute approximate surface area is 199 Å². The van der Waals surface area contributed by atoms with Crippen molar-refractivity contribution in [2.24, 2.45) is 0 Å². The molecule has 0 spiro atoms. The number of nitrogens with zero attached hydrogens (tertiary/aromatic N) is 2. The summed E-state index contributed by atoms with van der Waals surface area (Å²) in [6.45, 7) is 2.21. The van der Waals surface area contributed by atoms with E-state index >= 15 is 0 Å². The van der Waals surface area contributed by atoms with Gasteiger partial charge in [0.1, 0.15) is 11.4 Å². The van der Waals surface area contributed by atoms with Gasteiger partial charge in [0.15, 0.2) is 0 Å². The van der Waals surface area contributed by atoms with Crippen molar-refractivity contribution >= 4 is 48.1 Å². The first-order chi connectivity index (χ1) is 16.2. The maximum absolute atomic E-state index is 13.3. The first-order valence-corrected chi connectivity index (χ1v) is 14.0. The molecule has 34 heavy (non-hydrogen) atoms. The van der Waals surface area contributed by atoms with Crippen LogP contribution in [0, 0.1) is 6.92 Å². The molecular weight excluding hydrogens is 474 g/mol. The smallest absolute Gasteiger partial charge is 0.265 e. The number of benzene rings is 3. The minimum Gasteiger partial charge on any atom is -0.323 e. The molecular formula is C24H25N3O5S2. The van der Waals surface area contributed by atoms with Crippen molar-refractivity contribution < 1.29 is 21.6 Å². The molecule has 8 nitrogen and oxygen atoms in total. The van der Waals surface area contributed by atoms with E-state index in [9.17, 15) is 21.6 Å². The summed E-state index contributed by atoms with van der Waals surface area (Å²) in [4.78, 5) is 13.2. The van der Waals surface area contributed by atoms with E-state index in [0.717, 1.165) is 34.5 Å². The lowest BCUT2D eigenvalue weighted by atomic mass is 10.1. The third kappa shape index (κ3) is 3.75. The Kier molecular flexibility index (Phi) is 5.62. The SMILES string of the molecule is Cc1ccc(NC(=O)CN2c3cccc4cccc(c34)S2(=O)=O)c(S(=O)(=O)N2CCCCC2)c1. The highest BCUT2D eigenvalue weighted by Crippen LogP contribution is 2.41. The topological polar surface area (TPSA) is 104 Å². The lowest BCUT2D eigenvalue weighted by Gasteiger charge is -2.27. The largest absolute Gasteiger partial charge is 0.323 e. The monoisotopic (exact) mass is 499 g/mol. The van der Waals surface area contributed by atoms with Gasteiger partial charge in [0, 0.05) is 18.5 Å². The van der Waals surface area contributed by atoms with E-state index in [0.29, 0.717) is 24.2 Å². The van der Waals surface area contributed by atoms with Gasteiger partial charge in [0.05, 0.1) is 16.3 Å². The number of carbonyl (C=O) groups excluding carboxylic acids is 1. The molecule has 2 aliphatic rings. The van der Waals surface area contributed by atoms with Crippen LogP contribution in [-0.2, 0) is 24.8 Å². The third-order valence-electron chi connectivity index (χ3n) is 6.31. The molecule has 0 aliphatic carbocycles. The highest BCUT2D eigenvalue weighted by Gasteiger charge is 2.37. The van der Waals surface area contributed by atoms with Crippen LogP contribution >= 0.6 is 0 Å². The predicted molar refractivity (Wildman–Crippen MR) is 131 cm³/mol. The average molecular weight is 500 g/mol. The molecule has 5 rings (SSSR count). The molecule has 0 unspecified atom stereocenters. The Morgan fingerprint density at radius 1 is 1.00 bits per heavy atom. The summed E-state index contributed by atoms with van der Waals surface area (Å²) >= 11 is 0. The van der Waals surface area contributed by atoms with Crippen molar-refractivity contribution in [3.63, 3.8) is 0 Å². The second-order valence-electron chi connectivity index (χ2n) is 8.66. The van der Waals surface area contributed by atoms with E-state index in [1.165, 1.54) is 10.4 Å². The fourth-order valence-electron chi connectivity index (χ4n) is 4.64. The van der Waals surface area contributed by atoms with Crippen molar-refractivity contribution in [3.05, 3.63) is 60.2 Å². The molecule has 1 amide bonds. The second-order valence-corrected chi connectivity index (χ2v) is 12.4. The van der Waals surface area contributed by atoms with Crippen LogP contribution in [0.2, 0.25) is 0 Å². The number of hydrogen-bond acceptors (Lipinski definition) is 5. The molecule has 3 aromatic rings. The zero-order chi connectivity index (χ0) is 24.1. The van der Waals surface area contributed by atoms with Crippen LogP contribution in [0.15, 0.2) is 64.4 Å². The van der Waals surface area contributed by atoms with Gasteiger partial charge in [0.2, 0.25) is 15.9 Å². The standard InChI is InChI=1S/C24H25N3O5S2/c1-17-11-12-19(22(15-17)33(29,30)26-13-3-2-4-14-26)25-23(28)16-27-20-9-5-7-18-8-6-10-21(24(18)20)34(27,31)32/h5-12,15H,2-4,13-14,16H2,1H3,(H,25,28). The number of carbonyl (C=O) groups is 1. The Morgan fingerprint density at radius 2 is 1.71 bits per heavy atom. The van der Waals surface area contributed by atoms with E-state index in [4.69, 9.17) is 0 Å². The fourth-order valence-corrected chi connectivity index (χ4v) is 8.05. The highest BCUT2D eigenvalue weighted by molar-refractivity contribution is 7.93. The number of piperidine rings is 1. The van der Waals surface area contributed by atoms with Crippen LogP contribution in [0.25, 0.3) is 10.8 Å². The number of anilines is 2. The number of amides is 1. The number of nitrogens with one attached hydrogen (secondary N) is 1. The molecule has 178 valence electrons. The van der Waals surface area contributed by atoms with Crippen LogP contribution in [0.3, 0.4) is 0 Å². The average Bonchev–Trinajstić information content (AvgIpc) is 3.04. The van der Waals surface area contributed by atoms with E-state index in [2.05, 4.69) is 5.32 Å². The molecule has 0 radical (unpaired) electrons. The molecule has 1 N–H and O–H groups in total. The summed E-state index contributed by atoms with van der Waals surface area (Å²) in [5.41, 5.74) is 1.33. The number of rotatable bonds is 5. The van der Waals surface area contributed by atoms with Crippen LogP contribution in [0.1, 0.15) is 24.8 Å². The number of sulfonamides is 2. The van der Waals surface area contributed by atoms with Crippen LogP contribution in [-0.4, -0.2) is 46.7 Å². The van der Waals surface area contributed by atoms with Crippen molar-refractivity contribution in [2.45, 2.75) is 36.0 Å². The summed E-state index contributed by atoms with van der Waals surface area (Å²) in [6, 6.07) is 15.1. The summed E-state index contributed by atoms with van der Waals surface area (Å²) in [5, 5.41) is 4.01. The van der Waals surface area contributed by atoms with E-state index < -0.39 is 32.5 Å². The molecule has 0 saturated carbocycles. The molecule has 1 fully saturated rings. The van der Waals surface area contributed by atoms with Crippen LogP contribution in [0.4, 0.5) is 11.4 Å². The van der Waals surface area contributed by atoms with Gasteiger partial charge < -0.3 is 5.32 Å². The molecule has 2 aliphatic heterocycles. The molecule has 0 atom stereocenters. The van der Waals surface area contributed by atoms with Crippen molar-refractivity contribution in [1.29, 1.82) is 0 Å². The Balaban J connectivity index is 1.45. The van der Waals surface area contributed by atoms with Gasteiger partial charge in [-0.1, -0.05) is 36.8 Å². The normalized spacial score (nSPS) is 17.7. The van der Waals surface area contributed by atoms with E-state index in [1.807, 2.05) is 12.1 Å². The van der Waals surface area contributed by atoms with Crippen molar-refractivity contribution in [3.8, 4) is 0 Å². The van der Waals surface area contributed by atoms with Gasteiger partial charge in [-0.05, 0) is 55.0 Å². The van der Waals surface area contributed by atoms with Gasteiger partial charge in [-0.25, -0.2) is 16.8 Å². The lowest BCUT2D eigenvalue weighted by Crippen LogP contribution is -2.37. The second kappa shape index (κ2) is 8.37. The Hall–Kier alpha value is -2.95. The van der Waals surface area contributed by atoms with E-state index in [-0.39, 0.29) is 15.5 Å². The first kappa shape index (κ1) is 22.8. The van der Waals surface area contributed by atoms with Gasteiger partial charge in [0.25, 0.3) is 10.0 Å².